The van der Waals surface area contributed by atoms with Gasteiger partial charge in [0.05, 0.1) is 17.4 Å². The summed E-state index contributed by atoms with van der Waals surface area (Å²) in [6.45, 7) is 2.22. The van der Waals surface area contributed by atoms with Crippen molar-refractivity contribution in [2.24, 2.45) is 0 Å². The van der Waals surface area contributed by atoms with Crippen LogP contribution < -0.4 is 10.2 Å². The number of nitrogens with one attached hydrogen (secondary N) is 1. The van der Waals surface area contributed by atoms with E-state index in [9.17, 15) is 9.59 Å². The first kappa shape index (κ1) is 17.7. The van der Waals surface area contributed by atoms with E-state index in [4.69, 9.17) is 0 Å². The average molecular weight is 353 g/mol. The molecule has 1 aliphatic rings. The van der Waals surface area contributed by atoms with Crippen LogP contribution in [0, 0.1) is 0 Å². The molecule has 1 fully saturated rings. The third-order valence-corrected chi connectivity index (χ3v) is 4.41. The van der Waals surface area contributed by atoms with E-state index in [1.807, 2.05) is 43.3 Å². The van der Waals surface area contributed by atoms with Crippen molar-refractivity contribution in [2.75, 3.05) is 50.5 Å². The lowest BCUT2D eigenvalue weighted by atomic mass is 10.2. The normalized spacial score (nSPS) is 14.1. The molecule has 7 nitrogen and oxygen atoms in total. The van der Waals surface area contributed by atoms with Crippen LogP contribution in [0.1, 0.15) is 10.4 Å². The highest BCUT2D eigenvalue weighted by Crippen LogP contribution is 2.20. The fourth-order valence-electron chi connectivity index (χ4n) is 2.85. The van der Waals surface area contributed by atoms with Crippen LogP contribution in [0.15, 0.2) is 42.7 Å². The number of carbonyl (C=O) groups excluding carboxylic acids is 2. The van der Waals surface area contributed by atoms with E-state index in [2.05, 4.69) is 10.3 Å². The van der Waals surface area contributed by atoms with Crippen LogP contribution in [0.25, 0.3) is 0 Å². The summed E-state index contributed by atoms with van der Waals surface area (Å²) in [5.41, 5.74) is 3.35. The van der Waals surface area contributed by atoms with Crippen LogP contribution in [0.3, 0.4) is 0 Å². The molecule has 1 aromatic carbocycles. The van der Waals surface area contributed by atoms with Crippen LogP contribution >= 0.6 is 0 Å². The van der Waals surface area contributed by atoms with Crippen LogP contribution in [0.5, 0.6) is 0 Å². The summed E-state index contributed by atoms with van der Waals surface area (Å²) in [4.78, 5) is 33.1. The van der Waals surface area contributed by atoms with E-state index in [1.54, 1.807) is 28.3 Å². The molecular weight excluding hydrogens is 330 g/mol. The molecule has 7 heteroatoms. The Labute approximate surface area is 153 Å². The summed E-state index contributed by atoms with van der Waals surface area (Å²) < 4.78 is 0. The number of rotatable bonds is 5. The first-order chi connectivity index (χ1) is 12.6. The van der Waals surface area contributed by atoms with Crippen LogP contribution in [0.4, 0.5) is 17.1 Å². The predicted molar refractivity (Wildman–Crippen MR) is 102 cm³/mol. The fourth-order valence-corrected chi connectivity index (χ4v) is 2.85. The van der Waals surface area contributed by atoms with Gasteiger partial charge in [-0.05, 0) is 30.3 Å². The minimum atomic E-state index is -0.0605. The van der Waals surface area contributed by atoms with E-state index in [0.29, 0.717) is 31.7 Å². The molecule has 1 aliphatic heterocycles. The van der Waals surface area contributed by atoms with E-state index < -0.39 is 0 Å². The van der Waals surface area contributed by atoms with Crippen LogP contribution in [-0.2, 0) is 4.79 Å². The zero-order chi connectivity index (χ0) is 18.5. The number of piperazine rings is 1. The van der Waals surface area contributed by atoms with Crippen molar-refractivity contribution in [1.82, 2.24) is 14.8 Å². The highest BCUT2D eigenvalue weighted by Gasteiger charge is 2.21. The van der Waals surface area contributed by atoms with Gasteiger partial charge in [0.1, 0.15) is 0 Å². The van der Waals surface area contributed by atoms with Gasteiger partial charge in [0.15, 0.2) is 0 Å². The second kappa shape index (κ2) is 7.86. The predicted octanol–water partition coefficient (Wildman–Crippen LogP) is 1.81. The highest BCUT2D eigenvalue weighted by atomic mass is 16.2. The molecule has 0 spiro atoms. The average Bonchev–Trinajstić information content (AvgIpc) is 2.68. The van der Waals surface area contributed by atoms with Gasteiger partial charge in [0.25, 0.3) is 5.91 Å². The Morgan fingerprint density at radius 3 is 2.38 bits per heavy atom. The zero-order valence-electron chi connectivity index (χ0n) is 15.1. The molecule has 0 unspecified atom stereocenters. The van der Waals surface area contributed by atoms with Gasteiger partial charge >= 0.3 is 0 Å². The Hall–Kier alpha value is -3.09. The summed E-state index contributed by atoms with van der Waals surface area (Å²) >= 11 is 0. The molecule has 0 bridgehead atoms. The topological polar surface area (TPSA) is 68.8 Å². The maximum Gasteiger partial charge on any atom is 0.255 e. The van der Waals surface area contributed by atoms with Crippen molar-refractivity contribution in [3.63, 3.8) is 0 Å². The number of amides is 2. The van der Waals surface area contributed by atoms with E-state index in [1.165, 1.54) is 0 Å². The van der Waals surface area contributed by atoms with Crippen molar-refractivity contribution in [1.29, 1.82) is 0 Å². The molecule has 2 amide bonds. The number of benzene rings is 1. The Bertz CT molecular complexity index is 768. The Kier molecular flexibility index (Phi) is 5.36. The Morgan fingerprint density at radius 2 is 1.77 bits per heavy atom. The molecule has 0 radical (unpaired) electrons. The summed E-state index contributed by atoms with van der Waals surface area (Å²) in [7, 11) is 3.99. The molecule has 1 N–H and O–H groups in total. The van der Waals surface area contributed by atoms with Crippen molar-refractivity contribution in [3.8, 4) is 0 Å². The molecule has 0 atom stereocenters. The summed E-state index contributed by atoms with van der Waals surface area (Å²) in [6.07, 6.45) is 4.10. The molecule has 136 valence electrons. The van der Waals surface area contributed by atoms with Crippen LogP contribution in [-0.4, -0.2) is 67.4 Å². The molecule has 2 aromatic rings. The van der Waals surface area contributed by atoms with Crippen molar-refractivity contribution in [3.05, 3.63) is 48.3 Å². The molecule has 26 heavy (non-hydrogen) atoms. The number of anilines is 3. The number of hydrogen-bond acceptors (Lipinski definition) is 5. The Balaban J connectivity index is 1.68. The van der Waals surface area contributed by atoms with Gasteiger partial charge in [0, 0.05) is 57.8 Å². The third kappa shape index (κ3) is 4.11. The van der Waals surface area contributed by atoms with Gasteiger partial charge in [-0.3, -0.25) is 14.6 Å². The summed E-state index contributed by atoms with van der Waals surface area (Å²) in [5.74, 6) is -0.0605. The van der Waals surface area contributed by atoms with Gasteiger partial charge in [-0.25, -0.2) is 0 Å². The second-order valence-electron chi connectivity index (χ2n) is 6.46. The number of hydrogen-bond donors (Lipinski definition) is 1. The van der Waals surface area contributed by atoms with Crippen molar-refractivity contribution in [2.45, 2.75) is 0 Å². The van der Waals surface area contributed by atoms with Gasteiger partial charge in [0.2, 0.25) is 6.41 Å². The fraction of sp³-hybridized carbons (Fsp3) is 0.316. The molecule has 0 aliphatic carbocycles. The van der Waals surface area contributed by atoms with E-state index in [-0.39, 0.29) is 5.91 Å². The Morgan fingerprint density at radius 1 is 1.08 bits per heavy atom. The first-order valence-corrected chi connectivity index (χ1v) is 8.55. The van der Waals surface area contributed by atoms with E-state index >= 15 is 0 Å². The molecule has 1 saturated heterocycles. The quantitative estimate of drug-likeness (QED) is 0.830. The third-order valence-electron chi connectivity index (χ3n) is 4.41. The summed E-state index contributed by atoms with van der Waals surface area (Å²) in [6, 6.07) is 9.83. The molecular formula is C19H23N5O2. The minimum absolute atomic E-state index is 0.0605. The standard InChI is InChI=1S/C19H23N5O2/c1-22(2)18-5-3-16(4-6-18)21-17-11-15(12-20-13-17)19(26)24-9-7-23(14-25)8-10-24/h3-6,11-14,21H,7-10H2,1-2H3. The zero-order valence-corrected chi connectivity index (χ0v) is 15.1. The van der Waals surface area contributed by atoms with Gasteiger partial charge in [-0.2, -0.15) is 0 Å². The van der Waals surface area contributed by atoms with Gasteiger partial charge in [-0.1, -0.05) is 0 Å². The maximum absolute atomic E-state index is 12.7. The summed E-state index contributed by atoms with van der Waals surface area (Å²) in [5, 5.41) is 3.28. The number of nitrogens with zero attached hydrogens (tertiary/aromatic N) is 4. The molecule has 3 rings (SSSR count). The lowest BCUT2D eigenvalue weighted by Crippen LogP contribution is -2.48. The first-order valence-electron chi connectivity index (χ1n) is 8.55. The number of aromatic nitrogens is 1. The van der Waals surface area contributed by atoms with Crippen LogP contribution in [0.2, 0.25) is 0 Å². The van der Waals surface area contributed by atoms with E-state index in [0.717, 1.165) is 23.5 Å². The van der Waals surface area contributed by atoms with Crippen molar-refractivity contribution >= 4 is 29.4 Å². The maximum atomic E-state index is 12.7. The molecule has 0 saturated carbocycles. The number of carbonyl (C=O) groups is 2. The van der Waals surface area contributed by atoms with Gasteiger partial charge in [-0.15, -0.1) is 0 Å². The monoisotopic (exact) mass is 353 g/mol. The SMILES string of the molecule is CN(C)c1ccc(Nc2cncc(C(=O)N3CCN(C=O)CC3)c2)cc1. The van der Waals surface area contributed by atoms with Gasteiger partial charge < -0.3 is 20.0 Å². The lowest BCUT2D eigenvalue weighted by Gasteiger charge is -2.32. The smallest absolute Gasteiger partial charge is 0.255 e. The number of pyridine rings is 1. The largest absolute Gasteiger partial charge is 0.378 e. The minimum Gasteiger partial charge on any atom is -0.378 e. The molecule has 1 aromatic heterocycles. The highest BCUT2D eigenvalue weighted by molar-refractivity contribution is 5.95. The lowest BCUT2D eigenvalue weighted by molar-refractivity contribution is -0.119. The molecule has 2 heterocycles. The van der Waals surface area contributed by atoms with Crippen molar-refractivity contribution < 1.29 is 9.59 Å². The second-order valence-corrected chi connectivity index (χ2v) is 6.46.